The standard InChI is InChI=1S/C18H31N3O3S/c1-4-19-18(20-11-8-12-25(3,22)23)21-13-16(2)14-24-15-17-9-6-5-7-10-17/h5-7,9-10,16H,4,8,11-15H2,1-3H3,(H2,19,20,21). The van der Waals surface area contributed by atoms with Crippen molar-refractivity contribution < 1.29 is 13.2 Å². The highest BCUT2D eigenvalue weighted by Crippen LogP contribution is 2.03. The lowest BCUT2D eigenvalue weighted by Crippen LogP contribution is -2.38. The summed E-state index contributed by atoms with van der Waals surface area (Å²) in [4.78, 5) is 4.54. The number of hydrogen-bond donors (Lipinski definition) is 2. The summed E-state index contributed by atoms with van der Waals surface area (Å²) in [5.74, 6) is 1.20. The third-order valence-electron chi connectivity index (χ3n) is 3.40. The van der Waals surface area contributed by atoms with E-state index in [0.717, 1.165) is 6.54 Å². The Balaban J connectivity index is 2.29. The maximum absolute atomic E-state index is 11.1. The minimum atomic E-state index is -2.91. The summed E-state index contributed by atoms with van der Waals surface area (Å²) in [6, 6.07) is 10.1. The van der Waals surface area contributed by atoms with E-state index in [2.05, 4.69) is 22.5 Å². The lowest BCUT2D eigenvalue weighted by Gasteiger charge is -2.14. The lowest BCUT2D eigenvalue weighted by atomic mass is 10.2. The molecule has 6 nitrogen and oxygen atoms in total. The summed E-state index contributed by atoms with van der Waals surface area (Å²) >= 11 is 0. The fourth-order valence-corrected chi connectivity index (χ4v) is 2.80. The highest BCUT2D eigenvalue weighted by atomic mass is 32.2. The molecule has 0 aromatic heterocycles. The van der Waals surface area contributed by atoms with Crippen LogP contribution < -0.4 is 10.6 Å². The number of benzene rings is 1. The Hall–Kier alpha value is -1.60. The van der Waals surface area contributed by atoms with E-state index in [1.54, 1.807) is 0 Å². The Labute approximate surface area is 152 Å². The average molecular weight is 370 g/mol. The first-order chi connectivity index (χ1) is 11.9. The smallest absolute Gasteiger partial charge is 0.191 e. The Kier molecular flexibility index (Phi) is 10.2. The van der Waals surface area contributed by atoms with Gasteiger partial charge in [-0.1, -0.05) is 37.3 Å². The van der Waals surface area contributed by atoms with Crippen LogP contribution in [-0.4, -0.2) is 52.6 Å². The maximum atomic E-state index is 11.1. The molecule has 0 fully saturated rings. The minimum Gasteiger partial charge on any atom is -0.376 e. The number of nitrogens with one attached hydrogen (secondary N) is 2. The van der Waals surface area contributed by atoms with E-state index < -0.39 is 9.84 Å². The Morgan fingerprint density at radius 2 is 1.96 bits per heavy atom. The van der Waals surface area contributed by atoms with Crippen LogP contribution in [0.25, 0.3) is 0 Å². The van der Waals surface area contributed by atoms with E-state index in [1.807, 2.05) is 37.3 Å². The zero-order chi connectivity index (χ0) is 18.5. The first-order valence-corrected chi connectivity index (χ1v) is 10.8. The van der Waals surface area contributed by atoms with Crippen LogP contribution in [0.3, 0.4) is 0 Å². The number of nitrogens with zero attached hydrogens (tertiary/aromatic N) is 1. The first-order valence-electron chi connectivity index (χ1n) is 8.72. The lowest BCUT2D eigenvalue weighted by molar-refractivity contribution is 0.0945. The van der Waals surface area contributed by atoms with Gasteiger partial charge in [-0.25, -0.2) is 8.42 Å². The Morgan fingerprint density at radius 3 is 2.60 bits per heavy atom. The number of hydrogen-bond acceptors (Lipinski definition) is 4. The van der Waals surface area contributed by atoms with Gasteiger partial charge in [0.25, 0.3) is 0 Å². The van der Waals surface area contributed by atoms with Crippen molar-refractivity contribution in [1.29, 1.82) is 0 Å². The van der Waals surface area contributed by atoms with Gasteiger partial charge in [-0.2, -0.15) is 0 Å². The maximum Gasteiger partial charge on any atom is 0.191 e. The molecule has 0 heterocycles. The van der Waals surface area contributed by atoms with Crippen LogP contribution in [0.2, 0.25) is 0 Å². The van der Waals surface area contributed by atoms with Crippen LogP contribution >= 0.6 is 0 Å². The largest absolute Gasteiger partial charge is 0.376 e. The molecule has 0 aliphatic carbocycles. The van der Waals surface area contributed by atoms with Gasteiger partial charge in [0.15, 0.2) is 5.96 Å². The molecule has 0 amide bonds. The van der Waals surface area contributed by atoms with Gasteiger partial charge in [0, 0.05) is 25.9 Å². The summed E-state index contributed by atoms with van der Waals surface area (Å²) < 4.78 is 28.0. The molecule has 25 heavy (non-hydrogen) atoms. The van der Waals surface area contributed by atoms with Crippen LogP contribution in [0.15, 0.2) is 35.3 Å². The number of guanidine groups is 1. The van der Waals surface area contributed by atoms with Crippen LogP contribution in [0.4, 0.5) is 0 Å². The van der Waals surface area contributed by atoms with Gasteiger partial charge < -0.3 is 15.4 Å². The van der Waals surface area contributed by atoms with Gasteiger partial charge in [0.05, 0.1) is 19.0 Å². The van der Waals surface area contributed by atoms with Gasteiger partial charge in [-0.15, -0.1) is 0 Å². The summed E-state index contributed by atoms with van der Waals surface area (Å²) in [7, 11) is -2.91. The topological polar surface area (TPSA) is 79.8 Å². The fraction of sp³-hybridized carbons (Fsp3) is 0.611. The molecule has 0 spiro atoms. The van der Waals surface area contributed by atoms with E-state index in [-0.39, 0.29) is 5.75 Å². The monoisotopic (exact) mass is 369 g/mol. The molecular formula is C18H31N3O3S. The van der Waals surface area contributed by atoms with E-state index in [4.69, 9.17) is 4.74 Å². The third kappa shape index (κ3) is 11.6. The first kappa shape index (κ1) is 21.4. The van der Waals surface area contributed by atoms with Crippen molar-refractivity contribution >= 4 is 15.8 Å². The second-order valence-electron chi connectivity index (χ2n) is 6.24. The quantitative estimate of drug-likeness (QED) is 0.353. The van der Waals surface area contributed by atoms with Gasteiger partial charge in [-0.05, 0) is 24.8 Å². The summed E-state index contributed by atoms with van der Waals surface area (Å²) in [6.07, 6.45) is 1.82. The van der Waals surface area contributed by atoms with Crippen molar-refractivity contribution in [2.75, 3.05) is 38.2 Å². The van der Waals surface area contributed by atoms with E-state index in [9.17, 15) is 8.42 Å². The summed E-state index contributed by atoms with van der Waals surface area (Å²) in [5, 5.41) is 6.33. The molecule has 0 radical (unpaired) electrons. The molecule has 0 saturated carbocycles. The zero-order valence-electron chi connectivity index (χ0n) is 15.5. The predicted octanol–water partition coefficient (Wildman–Crippen LogP) is 1.83. The number of aliphatic imine (C=N–C) groups is 1. The molecule has 142 valence electrons. The fourth-order valence-electron chi connectivity index (χ4n) is 2.13. The average Bonchev–Trinajstić information content (AvgIpc) is 2.56. The molecule has 0 aliphatic rings. The highest BCUT2D eigenvalue weighted by Gasteiger charge is 2.05. The molecule has 1 aromatic rings. The van der Waals surface area contributed by atoms with Crippen LogP contribution in [0.1, 0.15) is 25.8 Å². The van der Waals surface area contributed by atoms with Crippen molar-refractivity contribution in [3.63, 3.8) is 0 Å². The molecule has 7 heteroatoms. The van der Waals surface area contributed by atoms with Gasteiger partial charge >= 0.3 is 0 Å². The molecule has 0 aliphatic heterocycles. The normalized spacial score (nSPS) is 13.5. The predicted molar refractivity (Wildman–Crippen MR) is 104 cm³/mol. The van der Waals surface area contributed by atoms with Crippen molar-refractivity contribution in [1.82, 2.24) is 10.6 Å². The van der Waals surface area contributed by atoms with E-state index >= 15 is 0 Å². The van der Waals surface area contributed by atoms with E-state index in [0.29, 0.717) is 44.6 Å². The van der Waals surface area contributed by atoms with Crippen LogP contribution in [-0.2, 0) is 21.2 Å². The number of sulfone groups is 1. The molecule has 2 N–H and O–H groups in total. The highest BCUT2D eigenvalue weighted by molar-refractivity contribution is 7.90. The molecular weight excluding hydrogens is 338 g/mol. The van der Waals surface area contributed by atoms with Crippen molar-refractivity contribution in [2.45, 2.75) is 26.9 Å². The minimum absolute atomic E-state index is 0.184. The molecule has 0 saturated heterocycles. The zero-order valence-corrected chi connectivity index (χ0v) is 16.3. The van der Waals surface area contributed by atoms with Crippen LogP contribution in [0.5, 0.6) is 0 Å². The summed E-state index contributed by atoms with van der Waals surface area (Å²) in [5.41, 5.74) is 1.17. The Morgan fingerprint density at radius 1 is 1.24 bits per heavy atom. The van der Waals surface area contributed by atoms with Crippen molar-refractivity contribution in [2.24, 2.45) is 10.9 Å². The van der Waals surface area contributed by atoms with E-state index in [1.165, 1.54) is 11.8 Å². The number of ether oxygens (including phenoxy) is 1. The molecule has 1 unspecified atom stereocenters. The number of rotatable bonds is 11. The second-order valence-corrected chi connectivity index (χ2v) is 8.50. The SMILES string of the molecule is CCNC(=NCC(C)COCc1ccccc1)NCCCS(C)(=O)=O. The van der Waals surface area contributed by atoms with Gasteiger partial charge in [0.1, 0.15) is 9.84 Å². The van der Waals surface area contributed by atoms with Crippen molar-refractivity contribution in [3.8, 4) is 0 Å². The van der Waals surface area contributed by atoms with Crippen LogP contribution in [0, 0.1) is 5.92 Å². The molecule has 1 aromatic carbocycles. The van der Waals surface area contributed by atoms with Gasteiger partial charge in [-0.3, -0.25) is 4.99 Å². The van der Waals surface area contributed by atoms with Crippen molar-refractivity contribution in [3.05, 3.63) is 35.9 Å². The Bertz CT molecular complexity index is 603. The molecule has 0 bridgehead atoms. The summed E-state index contributed by atoms with van der Waals surface area (Å²) in [6.45, 7) is 7.34. The molecule has 1 atom stereocenters. The second kappa shape index (κ2) is 11.9. The third-order valence-corrected chi connectivity index (χ3v) is 4.43. The van der Waals surface area contributed by atoms with Gasteiger partial charge in [0.2, 0.25) is 0 Å². The molecule has 1 rings (SSSR count).